The van der Waals surface area contributed by atoms with Gasteiger partial charge in [-0.3, -0.25) is 4.31 Å². The third-order valence-corrected chi connectivity index (χ3v) is 6.42. The second-order valence-electron chi connectivity index (χ2n) is 7.46. The molecule has 2 saturated heterocycles. The van der Waals surface area contributed by atoms with Gasteiger partial charge in [-0.15, -0.1) is 0 Å². The van der Waals surface area contributed by atoms with Crippen molar-refractivity contribution in [2.75, 3.05) is 42.7 Å². The molecule has 26 heavy (non-hydrogen) atoms. The summed E-state index contributed by atoms with van der Waals surface area (Å²) in [5.74, 6) is 2.13. The van der Waals surface area contributed by atoms with Crippen LogP contribution >= 0.6 is 11.9 Å². The Hall–Kier alpha value is -1.53. The number of nitrogens with zero attached hydrogens (tertiary/aromatic N) is 4. The lowest BCUT2D eigenvalue weighted by atomic mass is 10.1. The first-order valence-corrected chi connectivity index (χ1v) is 11.0. The molecule has 0 saturated carbocycles. The number of hydrogen-bond acceptors (Lipinski definition) is 6. The first kappa shape index (κ1) is 17.9. The van der Waals surface area contributed by atoms with Crippen molar-refractivity contribution >= 4 is 34.4 Å². The van der Waals surface area contributed by atoms with E-state index >= 15 is 0 Å². The lowest BCUT2D eigenvalue weighted by Crippen LogP contribution is -2.35. The van der Waals surface area contributed by atoms with E-state index < -0.39 is 0 Å². The van der Waals surface area contributed by atoms with E-state index in [0.717, 1.165) is 43.5 Å². The number of anilines is 2. The van der Waals surface area contributed by atoms with Gasteiger partial charge in [-0.1, -0.05) is 11.9 Å². The molecule has 0 spiro atoms. The van der Waals surface area contributed by atoms with E-state index in [0.29, 0.717) is 6.04 Å². The highest BCUT2D eigenvalue weighted by molar-refractivity contribution is 7.96. The van der Waals surface area contributed by atoms with Gasteiger partial charge in [-0.25, -0.2) is 9.97 Å². The minimum absolute atomic E-state index is 0.514. The third kappa shape index (κ3) is 3.91. The molecular formula is C20H29N5S. The van der Waals surface area contributed by atoms with Gasteiger partial charge in [0.1, 0.15) is 11.6 Å². The largest absolute Gasteiger partial charge is 0.367 e. The van der Waals surface area contributed by atoms with Crippen LogP contribution in [0, 0.1) is 6.92 Å². The summed E-state index contributed by atoms with van der Waals surface area (Å²) in [6.07, 6.45) is 10.4. The normalized spacial score (nSPS) is 19.8. The van der Waals surface area contributed by atoms with Crippen LogP contribution in [0.4, 0.5) is 11.6 Å². The van der Waals surface area contributed by atoms with Gasteiger partial charge in [0, 0.05) is 54.9 Å². The number of aromatic nitrogens is 2. The Kier molecular flexibility index (Phi) is 5.50. The Labute approximate surface area is 160 Å². The molecule has 2 aromatic rings. The monoisotopic (exact) mass is 371 g/mol. The number of pyridine rings is 2. The Bertz CT molecular complexity index is 751. The minimum atomic E-state index is 0.514. The van der Waals surface area contributed by atoms with Gasteiger partial charge in [0.15, 0.2) is 0 Å². The van der Waals surface area contributed by atoms with E-state index in [4.69, 9.17) is 9.97 Å². The Morgan fingerprint density at radius 1 is 1.08 bits per heavy atom. The third-order valence-electron chi connectivity index (χ3n) is 5.54. The zero-order valence-electron chi connectivity index (χ0n) is 15.9. The van der Waals surface area contributed by atoms with Crippen molar-refractivity contribution in [2.45, 2.75) is 45.1 Å². The van der Waals surface area contributed by atoms with Crippen molar-refractivity contribution in [3.05, 3.63) is 24.0 Å². The van der Waals surface area contributed by atoms with Crippen molar-refractivity contribution in [3.8, 4) is 0 Å². The first-order valence-electron chi connectivity index (χ1n) is 9.81. The van der Waals surface area contributed by atoms with E-state index in [1.807, 2.05) is 18.1 Å². The van der Waals surface area contributed by atoms with Crippen LogP contribution in [0.5, 0.6) is 0 Å². The van der Waals surface area contributed by atoms with Crippen LogP contribution in [-0.2, 0) is 0 Å². The number of fused-ring (bicyclic) bond motifs is 1. The highest BCUT2D eigenvalue weighted by Crippen LogP contribution is 2.30. The number of nitrogens with one attached hydrogen (secondary N) is 1. The molecule has 2 fully saturated rings. The Balaban J connectivity index is 1.58. The maximum absolute atomic E-state index is 4.89. The van der Waals surface area contributed by atoms with Gasteiger partial charge in [0.2, 0.25) is 0 Å². The molecular weight excluding hydrogens is 342 g/mol. The standard InChI is InChI=1S/C20H29N5S/c1-15-12-16-14-21-19(23-17-6-10-25(26-2)11-7-17)13-18(16)20(22-15)24-8-4-3-5-9-24/h12-14,17H,3-11H2,1-2H3,(H,21,23). The van der Waals surface area contributed by atoms with Crippen LogP contribution < -0.4 is 10.2 Å². The van der Waals surface area contributed by atoms with Gasteiger partial charge >= 0.3 is 0 Å². The predicted octanol–water partition coefficient (Wildman–Crippen LogP) is 4.08. The predicted molar refractivity (Wildman–Crippen MR) is 112 cm³/mol. The smallest absolute Gasteiger partial charge is 0.136 e. The topological polar surface area (TPSA) is 44.3 Å². The van der Waals surface area contributed by atoms with Crippen molar-refractivity contribution in [1.29, 1.82) is 0 Å². The van der Waals surface area contributed by atoms with Crippen molar-refractivity contribution < 1.29 is 0 Å². The fraction of sp³-hybridized carbons (Fsp3) is 0.600. The van der Waals surface area contributed by atoms with Crippen molar-refractivity contribution in [1.82, 2.24) is 14.3 Å². The molecule has 2 aliphatic rings. The van der Waals surface area contributed by atoms with Crippen LogP contribution in [-0.4, -0.2) is 52.7 Å². The maximum Gasteiger partial charge on any atom is 0.136 e. The summed E-state index contributed by atoms with van der Waals surface area (Å²) in [5.41, 5.74) is 1.07. The summed E-state index contributed by atoms with van der Waals surface area (Å²) in [6, 6.07) is 4.88. The summed E-state index contributed by atoms with van der Waals surface area (Å²) < 4.78 is 2.44. The van der Waals surface area contributed by atoms with E-state index in [9.17, 15) is 0 Å². The van der Waals surface area contributed by atoms with Crippen LogP contribution in [0.2, 0.25) is 0 Å². The van der Waals surface area contributed by atoms with Crippen LogP contribution in [0.1, 0.15) is 37.8 Å². The molecule has 4 heterocycles. The van der Waals surface area contributed by atoms with Gasteiger partial charge in [-0.2, -0.15) is 0 Å². The summed E-state index contributed by atoms with van der Waals surface area (Å²) in [7, 11) is 0. The van der Waals surface area contributed by atoms with Crippen molar-refractivity contribution in [2.24, 2.45) is 0 Å². The van der Waals surface area contributed by atoms with E-state index in [-0.39, 0.29) is 0 Å². The number of hydrogen-bond donors (Lipinski definition) is 1. The fourth-order valence-electron chi connectivity index (χ4n) is 4.08. The molecule has 0 aromatic carbocycles. The summed E-state index contributed by atoms with van der Waals surface area (Å²) in [5, 5.41) is 6.10. The molecule has 0 amide bonds. The van der Waals surface area contributed by atoms with Crippen LogP contribution in [0.25, 0.3) is 10.8 Å². The molecule has 5 nitrogen and oxygen atoms in total. The molecule has 0 atom stereocenters. The zero-order valence-corrected chi connectivity index (χ0v) is 16.7. The molecule has 0 bridgehead atoms. The van der Waals surface area contributed by atoms with E-state index in [1.165, 1.54) is 42.9 Å². The fourth-order valence-corrected chi connectivity index (χ4v) is 4.65. The number of aryl methyl sites for hydroxylation is 1. The number of piperidine rings is 2. The molecule has 2 aromatic heterocycles. The Morgan fingerprint density at radius 3 is 2.58 bits per heavy atom. The molecule has 1 N–H and O–H groups in total. The van der Waals surface area contributed by atoms with Crippen LogP contribution in [0.15, 0.2) is 18.3 Å². The highest BCUT2D eigenvalue weighted by Gasteiger charge is 2.20. The molecule has 6 heteroatoms. The highest BCUT2D eigenvalue weighted by atomic mass is 32.2. The molecule has 0 aliphatic carbocycles. The average Bonchev–Trinajstić information content (AvgIpc) is 2.69. The molecule has 2 aliphatic heterocycles. The zero-order chi connectivity index (χ0) is 17.9. The van der Waals surface area contributed by atoms with E-state index in [2.05, 4.69) is 39.8 Å². The quantitative estimate of drug-likeness (QED) is 0.817. The summed E-state index contributed by atoms with van der Waals surface area (Å²) >= 11 is 1.85. The average molecular weight is 372 g/mol. The molecule has 140 valence electrons. The Morgan fingerprint density at radius 2 is 1.85 bits per heavy atom. The summed E-state index contributed by atoms with van der Waals surface area (Å²) in [6.45, 7) is 6.60. The molecule has 0 radical (unpaired) electrons. The molecule has 4 rings (SSSR count). The van der Waals surface area contributed by atoms with Crippen molar-refractivity contribution in [3.63, 3.8) is 0 Å². The maximum atomic E-state index is 4.89. The first-order chi connectivity index (χ1) is 12.7. The lowest BCUT2D eigenvalue weighted by molar-refractivity contribution is 0.359. The number of rotatable bonds is 4. The van der Waals surface area contributed by atoms with Crippen LogP contribution in [0.3, 0.4) is 0 Å². The van der Waals surface area contributed by atoms with Gasteiger partial charge in [0.25, 0.3) is 0 Å². The molecule has 0 unspecified atom stereocenters. The van der Waals surface area contributed by atoms with Gasteiger partial charge in [0.05, 0.1) is 0 Å². The second-order valence-corrected chi connectivity index (χ2v) is 8.34. The SMILES string of the molecule is CSN1CCC(Nc2cc3c(N4CCCCC4)nc(C)cc3cn2)CC1. The second kappa shape index (κ2) is 8.01. The van der Waals surface area contributed by atoms with Gasteiger partial charge < -0.3 is 10.2 Å². The summed E-state index contributed by atoms with van der Waals surface area (Å²) in [4.78, 5) is 12.0. The van der Waals surface area contributed by atoms with Gasteiger partial charge in [-0.05, 0) is 57.4 Å². The minimum Gasteiger partial charge on any atom is -0.367 e. The lowest BCUT2D eigenvalue weighted by Gasteiger charge is -2.31. The van der Waals surface area contributed by atoms with E-state index in [1.54, 1.807) is 0 Å².